The van der Waals surface area contributed by atoms with E-state index in [0.29, 0.717) is 43.6 Å². The third-order valence-corrected chi connectivity index (χ3v) is 5.42. The van der Waals surface area contributed by atoms with Crippen LogP contribution < -0.4 is 5.57 Å². The maximum absolute atomic E-state index is 12.0. The summed E-state index contributed by atoms with van der Waals surface area (Å²) in [6.45, 7) is 5.06. The first kappa shape index (κ1) is 16.3. The average molecular weight is 367 g/mol. The molecule has 0 aliphatic heterocycles. The Labute approximate surface area is 143 Å². The van der Waals surface area contributed by atoms with Gasteiger partial charge in [-0.15, -0.1) is 0 Å². The molecule has 5 nitrogen and oxygen atoms in total. The van der Waals surface area contributed by atoms with Crippen molar-refractivity contribution in [3.63, 3.8) is 0 Å². The molecule has 0 atom stereocenters. The zero-order chi connectivity index (χ0) is 16.8. The Hall–Kier alpha value is -1.55. The fourth-order valence-electron chi connectivity index (χ4n) is 2.09. The number of aryl methyl sites for hydroxylation is 1. The SMILES string of the molecule is Cc1nc2ccc(-c3cnc(P(C)(C)=O)nc3)nc2c(Cl)c1Cl. The molecule has 0 aliphatic carbocycles. The van der Waals surface area contributed by atoms with Gasteiger partial charge in [0.2, 0.25) is 0 Å². The van der Waals surface area contributed by atoms with Crippen molar-refractivity contribution < 1.29 is 4.57 Å². The van der Waals surface area contributed by atoms with Gasteiger partial charge in [0.25, 0.3) is 0 Å². The Morgan fingerprint density at radius 3 is 2.26 bits per heavy atom. The van der Waals surface area contributed by atoms with Crippen LogP contribution in [0.15, 0.2) is 24.5 Å². The quantitative estimate of drug-likeness (QED) is 0.642. The number of rotatable bonds is 2. The highest BCUT2D eigenvalue weighted by atomic mass is 35.5. The molecular weight excluding hydrogens is 354 g/mol. The first-order valence-electron chi connectivity index (χ1n) is 6.77. The van der Waals surface area contributed by atoms with Gasteiger partial charge in [-0.3, -0.25) is 0 Å². The standard InChI is InChI=1S/C15H13Cl2N4OP/c1-8-12(16)13(17)14-11(20-8)5-4-10(21-14)9-6-18-15(19-7-9)23(2,3)22/h4-7H,1-3H3. The van der Waals surface area contributed by atoms with Crippen LogP contribution in [0.3, 0.4) is 0 Å². The lowest BCUT2D eigenvalue weighted by Gasteiger charge is -2.08. The highest BCUT2D eigenvalue weighted by Crippen LogP contribution is 2.33. The van der Waals surface area contributed by atoms with E-state index in [4.69, 9.17) is 23.2 Å². The minimum Gasteiger partial charge on any atom is -0.316 e. The van der Waals surface area contributed by atoms with Crippen LogP contribution in [0.25, 0.3) is 22.3 Å². The van der Waals surface area contributed by atoms with Gasteiger partial charge in [0, 0.05) is 18.0 Å². The predicted molar refractivity (Wildman–Crippen MR) is 94.4 cm³/mol. The van der Waals surface area contributed by atoms with Gasteiger partial charge in [-0.05, 0) is 32.4 Å². The zero-order valence-corrected chi connectivity index (χ0v) is 15.1. The third kappa shape index (κ3) is 3.09. The van der Waals surface area contributed by atoms with Crippen molar-refractivity contribution in [1.29, 1.82) is 0 Å². The van der Waals surface area contributed by atoms with Crippen molar-refractivity contribution in [2.24, 2.45) is 0 Å². The van der Waals surface area contributed by atoms with Crippen LogP contribution >= 0.6 is 30.3 Å². The van der Waals surface area contributed by atoms with E-state index in [0.717, 1.165) is 0 Å². The van der Waals surface area contributed by atoms with Crippen molar-refractivity contribution in [3.8, 4) is 11.3 Å². The summed E-state index contributed by atoms with van der Waals surface area (Å²) in [6.07, 6.45) is 3.21. The molecule has 0 fully saturated rings. The fourth-order valence-corrected chi connectivity index (χ4v) is 3.17. The van der Waals surface area contributed by atoms with Crippen LogP contribution in [0.5, 0.6) is 0 Å². The first-order chi connectivity index (χ1) is 10.8. The van der Waals surface area contributed by atoms with E-state index < -0.39 is 7.14 Å². The minimum atomic E-state index is -2.48. The topological polar surface area (TPSA) is 68.6 Å². The maximum atomic E-state index is 12.0. The smallest absolute Gasteiger partial charge is 0.188 e. The summed E-state index contributed by atoms with van der Waals surface area (Å²) >= 11 is 12.4. The van der Waals surface area contributed by atoms with E-state index in [-0.39, 0.29) is 0 Å². The Bertz CT molecular complexity index is 954. The normalized spacial score (nSPS) is 11.9. The average Bonchev–Trinajstić information content (AvgIpc) is 2.52. The lowest BCUT2D eigenvalue weighted by molar-refractivity contribution is 0.587. The van der Waals surface area contributed by atoms with Gasteiger partial charge in [-0.25, -0.2) is 19.9 Å². The van der Waals surface area contributed by atoms with Gasteiger partial charge < -0.3 is 4.57 Å². The highest BCUT2D eigenvalue weighted by molar-refractivity contribution is 7.69. The molecule has 3 rings (SSSR count). The molecule has 0 saturated heterocycles. The van der Waals surface area contributed by atoms with Gasteiger partial charge in [0.15, 0.2) is 5.57 Å². The third-order valence-electron chi connectivity index (χ3n) is 3.30. The number of halogens is 2. The number of fused-ring (bicyclic) bond motifs is 1. The summed E-state index contributed by atoms with van der Waals surface area (Å²) < 4.78 is 12.0. The lowest BCUT2D eigenvalue weighted by atomic mass is 10.2. The largest absolute Gasteiger partial charge is 0.316 e. The second kappa shape index (κ2) is 5.82. The predicted octanol–water partition coefficient (Wildman–Crippen LogP) is 3.95. The van der Waals surface area contributed by atoms with Gasteiger partial charge in [0.05, 0.1) is 26.9 Å². The summed E-state index contributed by atoms with van der Waals surface area (Å²) in [5.41, 5.74) is 3.56. The molecule has 0 saturated carbocycles. The number of pyridine rings is 2. The molecule has 0 bridgehead atoms. The van der Waals surface area contributed by atoms with E-state index in [1.165, 1.54) is 0 Å². The molecule has 0 aliphatic rings. The molecule has 3 aromatic heterocycles. The molecule has 0 amide bonds. The zero-order valence-electron chi connectivity index (χ0n) is 12.7. The Morgan fingerprint density at radius 2 is 1.65 bits per heavy atom. The van der Waals surface area contributed by atoms with Crippen LogP contribution in [-0.4, -0.2) is 33.3 Å². The van der Waals surface area contributed by atoms with E-state index >= 15 is 0 Å². The molecule has 0 radical (unpaired) electrons. The van der Waals surface area contributed by atoms with Gasteiger partial charge in [-0.1, -0.05) is 23.2 Å². The summed E-state index contributed by atoms with van der Waals surface area (Å²) in [4.78, 5) is 17.2. The Kier molecular flexibility index (Phi) is 4.13. The molecule has 3 aromatic rings. The fraction of sp³-hybridized carbons (Fsp3) is 0.200. The molecule has 0 spiro atoms. The summed E-state index contributed by atoms with van der Waals surface area (Å²) in [5.74, 6) is 0. The molecule has 23 heavy (non-hydrogen) atoms. The van der Waals surface area contributed by atoms with Gasteiger partial charge in [-0.2, -0.15) is 0 Å². The van der Waals surface area contributed by atoms with Crippen LogP contribution in [0, 0.1) is 6.92 Å². The highest BCUT2D eigenvalue weighted by Gasteiger charge is 2.15. The molecule has 8 heteroatoms. The van der Waals surface area contributed by atoms with Crippen molar-refractivity contribution >= 4 is 46.9 Å². The molecule has 0 aromatic carbocycles. The van der Waals surface area contributed by atoms with Gasteiger partial charge >= 0.3 is 0 Å². The summed E-state index contributed by atoms with van der Waals surface area (Å²) in [7, 11) is -2.48. The van der Waals surface area contributed by atoms with Crippen molar-refractivity contribution in [3.05, 3.63) is 40.3 Å². The van der Waals surface area contributed by atoms with Crippen molar-refractivity contribution in [2.75, 3.05) is 13.3 Å². The minimum absolute atomic E-state index is 0.348. The summed E-state index contributed by atoms with van der Waals surface area (Å²) in [6, 6.07) is 3.64. The summed E-state index contributed by atoms with van der Waals surface area (Å²) in [5, 5.41) is 0.772. The number of hydrogen-bond donors (Lipinski definition) is 0. The van der Waals surface area contributed by atoms with Crippen LogP contribution in [0.2, 0.25) is 10.0 Å². The monoisotopic (exact) mass is 366 g/mol. The van der Waals surface area contributed by atoms with E-state index in [9.17, 15) is 4.57 Å². The molecule has 118 valence electrons. The maximum Gasteiger partial charge on any atom is 0.188 e. The number of hydrogen-bond acceptors (Lipinski definition) is 5. The Morgan fingerprint density at radius 1 is 1.00 bits per heavy atom. The van der Waals surface area contributed by atoms with Gasteiger partial charge in [0.1, 0.15) is 12.7 Å². The first-order valence-corrected chi connectivity index (χ1v) is 10.1. The van der Waals surface area contributed by atoms with Crippen LogP contribution in [0.1, 0.15) is 5.69 Å². The second-order valence-corrected chi connectivity index (χ2v) is 9.37. The van der Waals surface area contributed by atoms with E-state index in [1.54, 1.807) is 32.6 Å². The lowest BCUT2D eigenvalue weighted by Crippen LogP contribution is -2.12. The van der Waals surface area contributed by atoms with E-state index in [1.807, 2.05) is 12.1 Å². The van der Waals surface area contributed by atoms with E-state index in [2.05, 4.69) is 19.9 Å². The second-order valence-electron chi connectivity index (χ2n) is 5.51. The van der Waals surface area contributed by atoms with Crippen molar-refractivity contribution in [1.82, 2.24) is 19.9 Å². The number of nitrogens with zero attached hydrogens (tertiary/aromatic N) is 4. The van der Waals surface area contributed by atoms with Crippen LogP contribution in [0.4, 0.5) is 0 Å². The molecule has 0 N–H and O–H groups in total. The molecule has 3 heterocycles. The molecule has 0 unspecified atom stereocenters. The number of aromatic nitrogens is 4. The van der Waals surface area contributed by atoms with Crippen molar-refractivity contribution in [2.45, 2.75) is 6.92 Å². The Balaban J connectivity index is 2.12. The van der Waals surface area contributed by atoms with Crippen LogP contribution in [-0.2, 0) is 4.57 Å². The molecular formula is C15H13Cl2N4OP.